The number of hydrogen-bond acceptors (Lipinski definition) is 2. The van der Waals surface area contributed by atoms with Gasteiger partial charge < -0.3 is 10.1 Å². The van der Waals surface area contributed by atoms with E-state index >= 15 is 0 Å². The van der Waals surface area contributed by atoms with Gasteiger partial charge in [-0.15, -0.1) is 0 Å². The molecule has 1 aliphatic heterocycles. The molecule has 0 amide bonds. The van der Waals surface area contributed by atoms with Gasteiger partial charge in [-0.3, -0.25) is 0 Å². The zero-order valence-electron chi connectivity index (χ0n) is 11.2. The molecule has 1 saturated carbocycles. The third-order valence-corrected chi connectivity index (χ3v) is 4.46. The number of hydrogen-bond donors (Lipinski definition) is 1. The van der Waals surface area contributed by atoms with Gasteiger partial charge in [0.1, 0.15) is 5.75 Å². The van der Waals surface area contributed by atoms with Gasteiger partial charge >= 0.3 is 0 Å². The maximum absolute atomic E-state index is 5.60. The van der Waals surface area contributed by atoms with Crippen LogP contribution in [0, 0.1) is 5.92 Å². The second kappa shape index (κ2) is 5.31. The quantitative estimate of drug-likeness (QED) is 0.880. The van der Waals surface area contributed by atoms with Crippen LogP contribution in [-0.2, 0) is 6.42 Å². The monoisotopic (exact) mass is 245 g/mol. The number of ether oxygens (including phenoxy) is 1. The summed E-state index contributed by atoms with van der Waals surface area (Å²) in [5.74, 6) is 2.69. The SMILES string of the molecule is CCNCC1CCCC1c1ccc2c(c1)CCO2. The Bertz CT molecular complexity index is 416. The van der Waals surface area contributed by atoms with Gasteiger partial charge in [0.25, 0.3) is 0 Å². The Balaban J connectivity index is 1.76. The van der Waals surface area contributed by atoms with Crippen molar-refractivity contribution in [3.63, 3.8) is 0 Å². The van der Waals surface area contributed by atoms with E-state index in [1.807, 2.05) is 0 Å². The number of rotatable bonds is 4. The fraction of sp³-hybridized carbons (Fsp3) is 0.625. The molecule has 0 aromatic heterocycles. The molecule has 0 spiro atoms. The first-order valence-electron chi connectivity index (χ1n) is 7.35. The normalized spacial score (nSPS) is 26.1. The van der Waals surface area contributed by atoms with E-state index in [1.165, 1.54) is 31.4 Å². The van der Waals surface area contributed by atoms with Crippen LogP contribution in [-0.4, -0.2) is 19.7 Å². The van der Waals surface area contributed by atoms with E-state index in [-0.39, 0.29) is 0 Å². The van der Waals surface area contributed by atoms with Crippen LogP contribution in [0.15, 0.2) is 18.2 Å². The summed E-state index contributed by atoms with van der Waals surface area (Å²) < 4.78 is 5.60. The molecule has 1 fully saturated rings. The highest BCUT2D eigenvalue weighted by molar-refractivity contribution is 5.41. The Labute approximate surface area is 110 Å². The van der Waals surface area contributed by atoms with Crippen LogP contribution in [0.5, 0.6) is 5.75 Å². The predicted octanol–water partition coefficient (Wildman–Crippen LogP) is 3.11. The van der Waals surface area contributed by atoms with Crippen LogP contribution in [0.2, 0.25) is 0 Å². The summed E-state index contributed by atoms with van der Waals surface area (Å²) in [4.78, 5) is 0. The first kappa shape index (κ1) is 12.0. The predicted molar refractivity (Wildman–Crippen MR) is 74.3 cm³/mol. The van der Waals surface area contributed by atoms with Crippen LogP contribution in [0.4, 0.5) is 0 Å². The van der Waals surface area contributed by atoms with Crippen molar-refractivity contribution in [1.29, 1.82) is 0 Å². The van der Waals surface area contributed by atoms with E-state index < -0.39 is 0 Å². The van der Waals surface area contributed by atoms with E-state index in [2.05, 4.69) is 30.4 Å². The molecule has 1 aromatic carbocycles. The van der Waals surface area contributed by atoms with Crippen LogP contribution in [0.1, 0.15) is 43.2 Å². The average molecular weight is 245 g/mol. The van der Waals surface area contributed by atoms with Crippen molar-refractivity contribution in [3.05, 3.63) is 29.3 Å². The highest BCUT2D eigenvalue weighted by Gasteiger charge is 2.28. The minimum Gasteiger partial charge on any atom is -0.493 e. The van der Waals surface area contributed by atoms with Crippen molar-refractivity contribution in [2.24, 2.45) is 5.92 Å². The van der Waals surface area contributed by atoms with Crippen molar-refractivity contribution in [2.45, 2.75) is 38.5 Å². The smallest absolute Gasteiger partial charge is 0.122 e. The van der Waals surface area contributed by atoms with Gasteiger partial charge in [-0.05, 0) is 55.0 Å². The number of fused-ring (bicyclic) bond motifs is 1. The molecule has 0 radical (unpaired) electrons. The standard InChI is InChI=1S/C16H23NO/c1-2-17-11-14-4-3-5-15(14)12-6-7-16-13(10-12)8-9-18-16/h6-7,10,14-15,17H,2-5,8-9,11H2,1H3. The molecule has 1 heterocycles. The van der Waals surface area contributed by atoms with Crippen LogP contribution in [0.25, 0.3) is 0 Å². The fourth-order valence-corrected chi connectivity index (χ4v) is 3.49. The maximum atomic E-state index is 5.60. The summed E-state index contributed by atoms with van der Waals surface area (Å²) in [5.41, 5.74) is 2.96. The van der Waals surface area contributed by atoms with Gasteiger partial charge in [-0.2, -0.15) is 0 Å². The van der Waals surface area contributed by atoms with E-state index in [0.717, 1.165) is 37.2 Å². The van der Waals surface area contributed by atoms with Crippen LogP contribution in [0.3, 0.4) is 0 Å². The molecule has 2 heteroatoms. The summed E-state index contributed by atoms with van der Waals surface area (Å²) in [6.07, 6.45) is 5.21. The lowest BCUT2D eigenvalue weighted by molar-refractivity contribution is 0.356. The van der Waals surface area contributed by atoms with E-state index in [4.69, 9.17) is 4.74 Å². The molecule has 2 unspecified atom stereocenters. The molecule has 18 heavy (non-hydrogen) atoms. The van der Waals surface area contributed by atoms with Crippen molar-refractivity contribution in [1.82, 2.24) is 5.32 Å². The average Bonchev–Trinajstić information content (AvgIpc) is 3.03. The molecule has 1 aliphatic carbocycles. The Morgan fingerprint density at radius 2 is 2.28 bits per heavy atom. The molecule has 98 valence electrons. The number of nitrogens with one attached hydrogen (secondary N) is 1. The highest BCUT2D eigenvalue weighted by Crippen LogP contribution is 2.41. The first-order valence-corrected chi connectivity index (χ1v) is 7.35. The third-order valence-electron chi connectivity index (χ3n) is 4.46. The van der Waals surface area contributed by atoms with Gasteiger partial charge in [0.15, 0.2) is 0 Å². The van der Waals surface area contributed by atoms with E-state index in [9.17, 15) is 0 Å². The number of benzene rings is 1. The lowest BCUT2D eigenvalue weighted by Crippen LogP contribution is -2.24. The van der Waals surface area contributed by atoms with Gasteiger partial charge in [0, 0.05) is 6.42 Å². The van der Waals surface area contributed by atoms with Gasteiger partial charge in [-0.1, -0.05) is 25.5 Å². The third kappa shape index (κ3) is 2.26. The van der Waals surface area contributed by atoms with Crippen LogP contribution < -0.4 is 10.1 Å². The summed E-state index contributed by atoms with van der Waals surface area (Å²) in [6.45, 7) is 5.32. The molecular formula is C16H23NO. The first-order chi connectivity index (χ1) is 8.88. The summed E-state index contributed by atoms with van der Waals surface area (Å²) >= 11 is 0. The zero-order chi connectivity index (χ0) is 12.4. The fourth-order valence-electron chi connectivity index (χ4n) is 3.49. The maximum Gasteiger partial charge on any atom is 0.122 e. The Morgan fingerprint density at radius 3 is 3.17 bits per heavy atom. The molecule has 1 aromatic rings. The lowest BCUT2D eigenvalue weighted by atomic mass is 9.87. The molecule has 1 N–H and O–H groups in total. The Kier molecular flexibility index (Phi) is 3.55. The Morgan fingerprint density at radius 1 is 1.33 bits per heavy atom. The zero-order valence-corrected chi connectivity index (χ0v) is 11.2. The van der Waals surface area contributed by atoms with Gasteiger partial charge in [0.2, 0.25) is 0 Å². The molecule has 2 nitrogen and oxygen atoms in total. The van der Waals surface area contributed by atoms with Crippen molar-refractivity contribution in [3.8, 4) is 5.75 Å². The molecular weight excluding hydrogens is 222 g/mol. The lowest BCUT2D eigenvalue weighted by Gasteiger charge is -2.20. The van der Waals surface area contributed by atoms with Crippen molar-refractivity contribution in [2.75, 3.05) is 19.7 Å². The minimum atomic E-state index is 0.759. The molecule has 3 rings (SSSR count). The minimum absolute atomic E-state index is 0.759. The largest absolute Gasteiger partial charge is 0.493 e. The molecule has 2 atom stereocenters. The molecule has 2 aliphatic rings. The second-order valence-electron chi connectivity index (χ2n) is 5.57. The van der Waals surface area contributed by atoms with Crippen LogP contribution >= 0.6 is 0 Å². The van der Waals surface area contributed by atoms with E-state index in [1.54, 1.807) is 5.56 Å². The van der Waals surface area contributed by atoms with Gasteiger partial charge in [-0.25, -0.2) is 0 Å². The van der Waals surface area contributed by atoms with E-state index in [0.29, 0.717) is 0 Å². The Hall–Kier alpha value is -1.02. The summed E-state index contributed by atoms with van der Waals surface area (Å²) in [5, 5.41) is 3.52. The van der Waals surface area contributed by atoms with Gasteiger partial charge in [0.05, 0.1) is 6.61 Å². The summed E-state index contributed by atoms with van der Waals surface area (Å²) in [6, 6.07) is 6.87. The second-order valence-corrected chi connectivity index (χ2v) is 5.57. The van der Waals surface area contributed by atoms with Crippen molar-refractivity contribution < 1.29 is 4.74 Å². The molecule has 0 saturated heterocycles. The highest BCUT2D eigenvalue weighted by atomic mass is 16.5. The topological polar surface area (TPSA) is 21.3 Å². The summed E-state index contributed by atoms with van der Waals surface area (Å²) in [7, 11) is 0. The van der Waals surface area contributed by atoms with Crippen molar-refractivity contribution >= 4 is 0 Å². The molecule has 0 bridgehead atoms.